The number of amides is 3. The Morgan fingerprint density at radius 1 is 1.31 bits per heavy atom. The van der Waals surface area contributed by atoms with Crippen molar-refractivity contribution in [2.24, 2.45) is 5.73 Å². The molecule has 16 heavy (non-hydrogen) atoms. The number of primary amides is 1. The molecule has 0 spiro atoms. The first-order valence-electron chi connectivity index (χ1n) is 4.69. The normalized spacial score (nSPS) is 9.25. The van der Waals surface area contributed by atoms with E-state index in [1.54, 1.807) is 30.3 Å². The second-order valence-corrected chi connectivity index (χ2v) is 3.07. The molecule has 1 aromatic rings. The van der Waals surface area contributed by atoms with Crippen molar-refractivity contribution < 1.29 is 9.59 Å². The quantitative estimate of drug-likeness (QED) is 0.662. The molecule has 0 atom stereocenters. The third-order valence-corrected chi connectivity index (χ3v) is 1.82. The molecule has 0 saturated carbocycles. The summed E-state index contributed by atoms with van der Waals surface area (Å²) >= 11 is 0. The highest BCUT2D eigenvalue weighted by atomic mass is 16.2. The molecule has 0 bridgehead atoms. The fraction of sp³-hybridized carbons (Fsp3) is 0.0909. The van der Waals surface area contributed by atoms with E-state index in [2.05, 4.69) is 17.2 Å². The van der Waals surface area contributed by atoms with Gasteiger partial charge in [0.15, 0.2) is 0 Å². The first-order valence-corrected chi connectivity index (χ1v) is 4.69. The lowest BCUT2D eigenvalue weighted by Gasteiger charge is -2.04. The van der Waals surface area contributed by atoms with E-state index in [4.69, 9.17) is 5.73 Å². The second-order valence-electron chi connectivity index (χ2n) is 3.07. The van der Waals surface area contributed by atoms with Crippen LogP contribution in [0.5, 0.6) is 0 Å². The SMILES string of the molecule is C=CCNC(=O)c1ccc(NC(N)=O)cc1. The molecular weight excluding hydrogens is 206 g/mol. The Kier molecular flexibility index (Phi) is 4.08. The van der Waals surface area contributed by atoms with Crippen LogP contribution in [0.25, 0.3) is 0 Å². The molecule has 4 N–H and O–H groups in total. The summed E-state index contributed by atoms with van der Waals surface area (Å²) < 4.78 is 0. The number of rotatable bonds is 4. The molecule has 0 heterocycles. The summed E-state index contributed by atoms with van der Waals surface area (Å²) in [6.45, 7) is 3.91. The van der Waals surface area contributed by atoms with Gasteiger partial charge in [0.25, 0.3) is 5.91 Å². The van der Waals surface area contributed by atoms with Gasteiger partial charge in [0, 0.05) is 17.8 Å². The molecular formula is C11H13N3O2. The molecule has 0 aliphatic heterocycles. The first-order chi connectivity index (χ1) is 7.63. The number of urea groups is 1. The Morgan fingerprint density at radius 3 is 2.44 bits per heavy atom. The number of carbonyl (C=O) groups is 2. The molecule has 0 saturated heterocycles. The summed E-state index contributed by atoms with van der Waals surface area (Å²) in [6.07, 6.45) is 1.60. The molecule has 1 rings (SSSR count). The minimum atomic E-state index is -0.635. The van der Waals surface area contributed by atoms with Gasteiger partial charge in [-0.2, -0.15) is 0 Å². The van der Waals surface area contributed by atoms with Gasteiger partial charge >= 0.3 is 6.03 Å². The lowest BCUT2D eigenvalue weighted by atomic mass is 10.2. The molecule has 5 nitrogen and oxygen atoms in total. The molecule has 0 fully saturated rings. The fourth-order valence-electron chi connectivity index (χ4n) is 1.11. The van der Waals surface area contributed by atoms with Crippen LogP contribution in [0, 0.1) is 0 Å². The maximum Gasteiger partial charge on any atom is 0.316 e. The molecule has 0 unspecified atom stereocenters. The zero-order chi connectivity index (χ0) is 12.0. The summed E-state index contributed by atoms with van der Waals surface area (Å²) in [7, 11) is 0. The van der Waals surface area contributed by atoms with Crippen LogP contribution in [0.15, 0.2) is 36.9 Å². The van der Waals surface area contributed by atoms with E-state index in [1.165, 1.54) is 0 Å². The maximum absolute atomic E-state index is 11.5. The smallest absolute Gasteiger partial charge is 0.316 e. The first kappa shape index (κ1) is 11.8. The molecule has 0 aromatic heterocycles. The summed E-state index contributed by atoms with van der Waals surface area (Å²) in [6, 6.07) is 5.78. The van der Waals surface area contributed by atoms with Gasteiger partial charge in [-0.05, 0) is 24.3 Å². The predicted octanol–water partition coefficient (Wildman–Crippen LogP) is 1.09. The highest BCUT2D eigenvalue weighted by Gasteiger charge is 2.03. The van der Waals surface area contributed by atoms with Crippen LogP contribution in [-0.4, -0.2) is 18.5 Å². The third kappa shape index (κ3) is 3.45. The van der Waals surface area contributed by atoms with Crippen molar-refractivity contribution in [3.8, 4) is 0 Å². The number of hydrogen-bond acceptors (Lipinski definition) is 2. The van der Waals surface area contributed by atoms with Gasteiger partial charge in [-0.1, -0.05) is 6.08 Å². The second kappa shape index (κ2) is 5.55. The number of anilines is 1. The average Bonchev–Trinajstić information content (AvgIpc) is 2.26. The molecule has 0 aliphatic rings. The van der Waals surface area contributed by atoms with E-state index in [1.807, 2.05) is 0 Å². The highest BCUT2D eigenvalue weighted by Crippen LogP contribution is 2.08. The number of benzene rings is 1. The zero-order valence-electron chi connectivity index (χ0n) is 8.69. The van der Waals surface area contributed by atoms with E-state index in [0.717, 1.165) is 0 Å². The Bertz CT molecular complexity index is 398. The van der Waals surface area contributed by atoms with E-state index >= 15 is 0 Å². The van der Waals surface area contributed by atoms with Crippen molar-refractivity contribution >= 4 is 17.6 Å². The van der Waals surface area contributed by atoms with Crippen molar-refractivity contribution in [2.45, 2.75) is 0 Å². The van der Waals surface area contributed by atoms with Gasteiger partial charge < -0.3 is 16.4 Å². The van der Waals surface area contributed by atoms with Gasteiger partial charge in [-0.25, -0.2) is 4.79 Å². The average molecular weight is 219 g/mol. The van der Waals surface area contributed by atoms with Crippen molar-refractivity contribution in [3.63, 3.8) is 0 Å². The van der Waals surface area contributed by atoms with Crippen LogP contribution in [-0.2, 0) is 0 Å². The van der Waals surface area contributed by atoms with Crippen molar-refractivity contribution in [3.05, 3.63) is 42.5 Å². The van der Waals surface area contributed by atoms with Crippen LogP contribution < -0.4 is 16.4 Å². The largest absolute Gasteiger partial charge is 0.351 e. The summed E-state index contributed by atoms with van der Waals surface area (Å²) in [5.41, 5.74) is 6.01. The van der Waals surface area contributed by atoms with E-state index in [9.17, 15) is 9.59 Å². The van der Waals surface area contributed by atoms with Crippen LogP contribution in [0.2, 0.25) is 0 Å². The lowest BCUT2D eigenvalue weighted by Crippen LogP contribution is -2.23. The van der Waals surface area contributed by atoms with Crippen LogP contribution in [0.4, 0.5) is 10.5 Å². The molecule has 84 valence electrons. The standard InChI is InChI=1S/C11H13N3O2/c1-2-7-13-10(15)8-3-5-9(6-4-8)14-11(12)16/h2-6H,1,7H2,(H,13,15)(H3,12,14,16). The summed E-state index contributed by atoms with van der Waals surface area (Å²) in [5.74, 6) is -0.189. The van der Waals surface area contributed by atoms with Gasteiger partial charge in [-0.15, -0.1) is 6.58 Å². The summed E-state index contributed by atoms with van der Waals surface area (Å²) in [4.78, 5) is 22.0. The molecule has 3 amide bonds. The number of nitrogens with two attached hydrogens (primary N) is 1. The highest BCUT2D eigenvalue weighted by molar-refractivity contribution is 5.95. The Balaban J connectivity index is 2.66. The van der Waals surface area contributed by atoms with Crippen LogP contribution in [0.1, 0.15) is 10.4 Å². The lowest BCUT2D eigenvalue weighted by molar-refractivity contribution is 0.0958. The Labute approximate surface area is 93.3 Å². The van der Waals surface area contributed by atoms with Crippen molar-refractivity contribution in [1.82, 2.24) is 5.32 Å². The zero-order valence-corrected chi connectivity index (χ0v) is 8.69. The van der Waals surface area contributed by atoms with E-state index in [0.29, 0.717) is 17.8 Å². The third-order valence-electron chi connectivity index (χ3n) is 1.82. The number of nitrogens with one attached hydrogen (secondary N) is 2. The van der Waals surface area contributed by atoms with Crippen LogP contribution in [0.3, 0.4) is 0 Å². The summed E-state index contributed by atoms with van der Waals surface area (Å²) in [5, 5.41) is 5.04. The van der Waals surface area contributed by atoms with Crippen molar-refractivity contribution in [2.75, 3.05) is 11.9 Å². The van der Waals surface area contributed by atoms with Gasteiger partial charge in [-0.3, -0.25) is 4.79 Å². The van der Waals surface area contributed by atoms with E-state index < -0.39 is 6.03 Å². The molecule has 1 aromatic carbocycles. The number of hydrogen-bond donors (Lipinski definition) is 3. The van der Waals surface area contributed by atoms with Crippen molar-refractivity contribution in [1.29, 1.82) is 0 Å². The topological polar surface area (TPSA) is 84.2 Å². The molecule has 5 heteroatoms. The monoisotopic (exact) mass is 219 g/mol. The number of carbonyl (C=O) groups excluding carboxylic acids is 2. The molecule has 0 radical (unpaired) electrons. The fourth-order valence-corrected chi connectivity index (χ4v) is 1.11. The predicted molar refractivity (Wildman–Crippen MR) is 62.2 cm³/mol. The van der Waals surface area contributed by atoms with Gasteiger partial charge in [0.05, 0.1) is 0 Å². The Morgan fingerprint density at radius 2 is 1.94 bits per heavy atom. The molecule has 0 aliphatic carbocycles. The van der Waals surface area contributed by atoms with E-state index in [-0.39, 0.29) is 5.91 Å². The minimum Gasteiger partial charge on any atom is -0.351 e. The van der Waals surface area contributed by atoms with Crippen LogP contribution >= 0.6 is 0 Å². The Hall–Kier alpha value is -2.30. The minimum absolute atomic E-state index is 0.189. The van der Waals surface area contributed by atoms with Gasteiger partial charge in [0.2, 0.25) is 0 Å². The maximum atomic E-state index is 11.5. The van der Waals surface area contributed by atoms with Gasteiger partial charge in [0.1, 0.15) is 0 Å².